The topological polar surface area (TPSA) is 18.0 Å². The third-order valence-corrected chi connectivity index (χ3v) is 5.57. The summed E-state index contributed by atoms with van der Waals surface area (Å²) in [4.78, 5) is 0. The Balaban J connectivity index is 0.00000392. The third-order valence-electron chi connectivity index (χ3n) is 5.57. The lowest BCUT2D eigenvalue weighted by molar-refractivity contribution is -0.654. The Hall–Kier alpha value is -1.06. The van der Waals surface area contributed by atoms with Gasteiger partial charge in [0.15, 0.2) is 17.8 Å². The molecule has 0 saturated carbocycles. The van der Waals surface area contributed by atoms with Crippen LogP contribution in [0.5, 0.6) is 0 Å². The van der Waals surface area contributed by atoms with E-state index in [0.29, 0.717) is 6.73 Å². The van der Waals surface area contributed by atoms with E-state index >= 15 is 0 Å². The second-order valence-corrected chi connectivity index (χ2v) is 7.86. The van der Waals surface area contributed by atoms with Crippen molar-refractivity contribution in [3.63, 3.8) is 0 Å². The molecule has 0 spiro atoms. The Morgan fingerprint density at radius 3 is 2.07 bits per heavy atom. The Kier molecular flexibility index (Phi) is 13.3. The van der Waals surface area contributed by atoms with Gasteiger partial charge < -0.3 is 17.1 Å². The van der Waals surface area contributed by atoms with E-state index in [1.54, 1.807) is 0 Å². The van der Waals surface area contributed by atoms with Crippen molar-refractivity contribution >= 4 is 11.0 Å². The van der Waals surface area contributed by atoms with Crippen LogP contribution in [-0.2, 0) is 24.9 Å². The number of hydrogen-bond donors (Lipinski definition) is 0. The van der Waals surface area contributed by atoms with E-state index in [1.807, 2.05) is 0 Å². The number of aryl methyl sites for hydroxylation is 1. The number of hydrogen-bond acceptors (Lipinski definition) is 1. The zero-order valence-corrected chi connectivity index (χ0v) is 19.1. The quantitative estimate of drug-likeness (QED) is 0.326. The first-order valence-electron chi connectivity index (χ1n) is 11.3. The predicted molar refractivity (Wildman–Crippen MR) is 115 cm³/mol. The van der Waals surface area contributed by atoms with Crippen molar-refractivity contribution < 1.29 is 21.7 Å². The van der Waals surface area contributed by atoms with E-state index in [2.05, 4.69) is 54.3 Å². The molecule has 0 fully saturated rings. The van der Waals surface area contributed by atoms with E-state index in [9.17, 15) is 0 Å². The molecule has 0 aliphatic rings. The fourth-order valence-corrected chi connectivity index (χ4v) is 3.95. The van der Waals surface area contributed by atoms with Crippen LogP contribution in [0.25, 0.3) is 11.0 Å². The molecule has 2 aromatic rings. The summed E-state index contributed by atoms with van der Waals surface area (Å²) in [6, 6.07) is 8.65. The van der Waals surface area contributed by atoms with Gasteiger partial charge in [-0.25, -0.2) is 9.13 Å². The monoisotopic (exact) mass is 408 g/mol. The molecule has 3 nitrogen and oxygen atoms in total. The number of aromatic nitrogens is 2. The average molecular weight is 409 g/mol. The molecule has 160 valence electrons. The first-order valence-corrected chi connectivity index (χ1v) is 11.3. The standard InChI is InChI=1S/C24H41N2O.ClH/c1-4-6-7-8-9-10-11-12-13-16-20-27-21-26-23-19-15-14-18-22(23)25(3)24(26)17-5-2;/h14-15,18-19H,4-13,16-17,20-21H2,1-3H3;1H/q+1;/p-1. The Morgan fingerprint density at radius 1 is 0.821 bits per heavy atom. The van der Waals surface area contributed by atoms with Crippen LogP contribution >= 0.6 is 0 Å². The van der Waals surface area contributed by atoms with Crippen LogP contribution in [0.1, 0.15) is 90.3 Å². The zero-order chi connectivity index (χ0) is 19.3. The fourth-order valence-electron chi connectivity index (χ4n) is 3.95. The number of fused-ring (bicyclic) bond motifs is 1. The normalized spacial score (nSPS) is 11.1. The Labute approximate surface area is 178 Å². The lowest BCUT2D eigenvalue weighted by Gasteiger charge is -2.05. The van der Waals surface area contributed by atoms with Crippen LogP contribution in [0.15, 0.2) is 24.3 Å². The molecule has 0 bridgehead atoms. The summed E-state index contributed by atoms with van der Waals surface area (Å²) >= 11 is 0. The third kappa shape index (κ3) is 7.75. The van der Waals surface area contributed by atoms with Crippen LogP contribution < -0.4 is 17.0 Å². The highest BCUT2D eigenvalue weighted by atomic mass is 35.5. The average Bonchev–Trinajstić information content (AvgIpc) is 2.95. The van der Waals surface area contributed by atoms with Gasteiger partial charge in [-0.3, -0.25) is 0 Å². The maximum Gasteiger partial charge on any atom is 0.259 e. The minimum Gasteiger partial charge on any atom is -1.00 e. The van der Waals surface area contributed by atoms with Crippen molar-refractivity contribution in [2.24, 2.45) is 7.05 Å². The highest BCUT2D eigenvalue weighted by molar-refractivity contribution is 5.72. The van der Waals surface area contributed by atoms with Gasteiger partial charge in [-0.15, -0.1) is 0 Å². The van der Waals surface area contributed by atoms with E-state index < -0.39 is 0 Å². The van der Waals surface area contributed by atoms with Gasteiger partial charge in [0.1, 0.15) is 0 Å². The predicted octanol–water partition coefficient (Wildman–Crippen LogP) is 3.32. The molecule has 1 heterocycles. The molecule has 0 aliphatic carbocycles. The molecule has 0 aliphatic heterocycles. The summed E-state index contributed by atoms with van der Waals surface area (Å²) in [6.07, 6.45) is 15.9. The molecular formula is C24H41ClN2O. The lowest BCUT2D eigenvalue weighted by Crippen LogP contribution is -3.00. The van der Waals surface area contributed by atoms with Crippen LogP contribution in [0, 0.1) is 0 Å². The van der Waals surface area contributed by atoms with Gasteiger partial charge in [0, 0.05) is 6.42 Å². The minimum absolute atomic E-state index is 0. The number of ether oxygens (including phenoxy) is 1. The zero-order valence-electron chi connectivity index (χ0n) is 18.4. The molecule has 0 radical (unpaired) electrons. The molecule has 1 aromatic carbocycles. The first-order chi connectivity index (χ1) is 13.3. The highest BCUT2D eigenvalue weighted by Crippen LogP contribution is 2.16. The van der Waals surface area contributed by atoms with Crippen LogP contribution in [0.3, 0.4) is 0 Å². The van der Waals surface area contributed by atoms with Crippen molar-refractivity contribution in [1.29, 1.82) is 0 Å². The largest absolute Gasteiger partial charge is 1.00 e. The molecule has 0 N–H and O–H groups in total. The summed E-state index contributed by atoms with van der Waals surface area (Å²) in [5.74, 6) is 1.36. The van der Waals surface area contributed by atoms with Crippen LogP contribution in [-0.4, -0.2) is 11.2 Å². The number of unbranched alkanes of at least 4 members (excludes halogenated alkanes) is 9. The fraction of sp³-hybridized carbons (Fsp3) is 0.708. The van der Waals surface area contributed by atoms with Gasteiger partial charge in [-0.2, -0.15) is 0 Å². The van der Waals surface area contributed by atoms with Crippen molar-refractivity contribution in [3.05, 3.63) is 30.1 Å². The molecular weight excluding hydrogens is 368 g/mol. The van der Waals surface area contributed by atoms with E-state index in [-0.39, 0.29) is 12.4 Å². The summed E-state index contributed by atoms with van der Waals surface area (Å²) < 4.78 is 10.7. The van der Waals surface area contributed by atoms with Crippen LogP contribution in [0.4, 0.5) is 0 Å². The van der Waals surface area contributed by atoms with E-state index in [4.69, 9.17) is 4.74 Å². The van der Waals surface area contributed by atoms with Crippen molar-refractivity contribution in [2.75, 3.05) is 6.61 Å². The molecule has 0 amide bonds. The van der Waals surface area contributed by atoms with E-state index in [0.717, 1.165) is 19.4 Å². The summed E-state index contributed by atoms with van der Waals surface area (Å²) in [5, 5.41) is 0. The Morgan fingerprint density at radius 2 is 1.43 bits per heavy atom. The maximum atomic E-state index is 6.05. The highest BCUT2D eigenvalue weighted by Gasteiger charge is 2.21. The van der Waals surface area contributed by atoms with Gasteiger partial charge in [0.2, 0.25) is 0 Å². The van der Waals surface area contributed by atoms with Gasteiger partial charge in [-0.1, -0.05) is 83.8 Å². The van der Waals surface area contributed by atoms with Gasteiger partial charge in [-0.05, 0) is 25.0 Å². The smallest absolute Gasteiger partial charge is 0.259 e. The first kappa shape index (κ1) is 25.0. The van der Waals surface area contributed by atoms with Crippen molar-refractivity contribution in [1.82, 2.24) is 4.57 Å². The van der Waals surface area contributed by atoms with Crippen LogP contribution in [0.2, 0.25) is 0 Å². The number of rotatable bonds is 15. The molecule has 2 rings (SSSR count). The molecule has 0 atom stereocenters. The van der Waals surface area contributed by atoms with Crippen molar-refractivity contribution in [3.8, 4) is 0 Å². The number of imidazole rings is 1. The maximum absolute atomic E-state index is 6.05. The van der Waals surface area contributed by atoms with Gasteiger partial charge >= 0.3 is 0 Å². The summed E-state index contributed by atoms with van der Waals surface area (Å²) in [6.45, 7) is 6.07. The lowest BCUT2D eigenvalue weighted by atomic mass is 10.1. The minimum atomic E-state index is 0. The van der Waals surface area contributed by atoms with Gasteiger partial charge in [0.25, 0.3) is 5.82 Å². The number of halogens is 1. The van der Waals surface area contributed by atoms with Gasteiger partial charge in [0.05, 0.1) is 13.7 Å². The molecule has 0 unspecified atom stereocenters. The van der Waals surface area contributed by atoms with Crippen molar-refractivity contribution in [2.45, 2.75) is 97.6 Å². The molecule has 4 heteroatoms. The second kappa shape index (κ2) is 14.9. The SMILES string of the molecule is CCCCCCCCCCCCOCn1c(CCC)[n+](C)c2ccccc21.[Cl-]. The number of benzene rings is 1. The summed E-state index contributed by atoms with van der Waals surface area (Å²) in [7, 11) is 2.17. The number of para-hydroxylation sites is 2. The summed E-state index contributed by atoms with van der Waals surface area (Å²) in [5.41, 5.74) is 2.58. The second-order valence-electron chi connectivity index (χ2n) is 7.86. The number of nitrogens with zero attached hydrogens (tertiary/aromatic N) is 2. The Bertz CT molecular complexity index is 653. The molecule has 1 aromatic heterocycles. The molecule has 28 heavy (non-hydrogen) atoms. The van der Waals surface area contributed by atoms with E-state index in [1.165, 1.54) is 81.1 Å². The molecule has 0 saturated heterocycles.